The van der Waals surface area contributed by atoms with Crippen molar-refractivity contribution < 1.29 is 9.18 Å². The zero-order chi connectivity index (χ0) is 15.0. The van der Waals surface area contributed by atoms with Crippen LogP contribution in [0.1, 0.15) is 16.1 Å². The van der Waals surface area contributed by atoms with E-state index in [4.69, 9.17) is 0 Å². The van der Waals surface area contributed by atoms with Gasteiger partial charge in [0.05, 0.1) is 11.3 Å². The van der Waals surface area contributed by atoms with E-state index in [1.54, 1.807) is 24.6 Å². The first kappa shape index (κ1) is 13.4. The van der Waals surface area contributed by atoms with Crippen LogP contribution in [0, 0.1) is 12.7 Å². The summed E-state index contributed by atoms with van der Waals surface area (Å²) in [6.07, 6.45) is 1.58. The van der Waals surface area contributed by atoms with Gasteiger partial charge in [0.1, 0.15) is 11.5 Å². The Hall–Kier alpha value is -2.54. The minimum Gasteiger partial charge on any atom is -0.316 e. The molecule has 0 saturated heterocycles. The molecule has 3 rings (SSSR count). The number of rotatable bonds is 2. The van der Waals surface area contributed by atoms with E-state index in [0.29, 0.717) is 10.7 Å². The van der Waals surface area contributed by atoms with Gasteiger partial charge in [-0.05, 0) is 19.1 Å². The fourth-order valence-electron chi connectivity index (χ4n) is 1.95. The zero-order valence-electron chi connectivity index (χ0n) is 11.0. The molecule has 0 aliphatic heterocycles. The van der Waals surface area contributed by atoms with Crippen LogP contribution in [0.4, 0.5) is 10.1 Å². The minimum atomic E-state index is -0.676. The second kappa shape index (κ2) is 5.10. The molecule has 7 heteroatoms. The summed E-state index contributed by atoms with van der Waals surface area (Å²) in [4.78, 5) is 29.2. The van der Waals surface area contributed by atoms with E-state index in [2.05, 4.69) is 10.3 Å². The number of nitrogens with zero attached hydrogens (tertiary/aromatic N) is 2. The minimum absolute atomic E-state index is 0.0548. The lowest BCUT2D eigenvalue weighted by atomic mass is 10.2. The molecule has 2 aromatic heterocycles. The molecule has 0 unspecified atom stereocenters. The topological polar surface area (TPSA) is 63.5 Å². The summed E-state index contributed by atoms with van der Waals surface area (Å²) < 4.78 is 14.9. The Morgan fingerprint density at radius 1 is 1.38 bits per heavy atom. The number of aryl methyl sites for hydroxylation is 1. The number of anilines is 1. The first-order valence-corrected chi connectivity index (χ1v) is 6.98. The van der Waals surface area contributed by atoms with Crippen molar-refractivity contribution >= 4 is 27.9 Å². The highest BCUT2D eigenvalue weighted by Gasteiger charge is 2.16. The molecule has 0 fully saturated rings. The number of thiazole rings is 1. The van der Waals surface area contributed by atoms with Gasteiger partial charge in [-0.1, -0.05) is 12.1 Å². The third-order valence-corrected chi connectivity index (χ3v) is 3.76. The molecule has 0 aliphatic rings. The average Bonchev–Trinajstić information content (AvgIpc) is 2.92. The largest absolute Gasteiger partial charge is 0.316 e. The van der Waals surface area contributed by atoms with Crippen LogP contribution in [-0.2, 0) is 0 Å². The van der Waals surface area contributed by atoms with Gasteiger partial charge in [0.25, 0.3) is 11.5 Å². The third-order valence-electron chi connectivity index (χ3n) is 3.00. The molecule has 1 N–H and O–H groups in total. The maximum absolute atomic E-state index is 13.6. The molecule has 0 aliphatic carbocycles. The van der Waals surface area contributed by atoms with Gasteiger partial charge in [-0.25, -0.2) is 9.37 Å². The van der Waals surface area contributed by atoms with E-state index < -0.39 is 11.7 Å². The second-order valence-corrected chi connectivity index (χ2v) is 5.24. The lowest BCUT2D eigenvalue weighted by molar-refractivity contribution is 0.102. The summed E-state index contributed by atoms with van der Waals surface area (Å²) in [6.45, 7) is 1.62. The van der Waals surface area contributed by atoms with Crippen molar-refractivity contribution in [3.8, 4) is 0 Å². The van der Waals surface area contributed by atoms with Gasteiger partial charge in [0, 0.05) is 11.6 Å². The number of hydrogen-bond donors (Lipinski definition) is 1. The lowest BCUT2D eigenvalue weighted by Crippen LogP contribution is -2.24. The Morgan fingerprint density at radius 2 is 2.14 bits per heavy atom. The highest BCUT2D eigenvalue weighted by atomic mass is 32.1. The molecule has 0 radical (unpaired) electrons. The van der Waals surface area contributed by atoms with E-state index in [9.17, 15) is 14.0 Å². The molecule has 1 amide bonds. The van der Waals surface area contributed by atoms with E-state index in [1.165, 1.54) is 33.9 Å². The average molecular weight is 303 g/mol. The maximum atomic E-state index is 13.6. The van der Waals surface area contributed by atoms with Crippen LogP contribution < -0.4 is 10.9 Å². The van der Waals surface area contributed by atoms with Gasteiger partial charge in [-0.2, -0.15) is 0 Å². The number of carbonyl (C=O) groups is 1. The Bertz CT molecular complexity index is 901. The smallest absolute Gasteiger partial charge is 0.282 e. The Labute approximate surface area is 122 Å². The normalized spacial score (nSPS) is 10.8. The van der Waals surface area contributed by atoms with Crippen LogP contribution in [-0.4, -0.2) is 15.3 Å². The summed E-state index contributed by atoms with van der Waals surface area (Å²) in [5, 5.41) is 4.18. The molecule has 0 bridgehead atoms. The molecule has 2 heterocycles. The number of hydrogen-bond acceptors (Lipinski definition) is 4. The standard InChI is InChI=1S/C14H10FN3O2S/c1-8-11(13(20)18-6-7-21-14(18)16-8)17-12(19)9-4-2-3-5-10(9)15/h2-7H,1H3,(H,17,19). The number of benzene rings is 1. The van der Waals surface area contributed by atoms with Crippen LogP contribution in [0.5, 0.6) is 0 Å². The van der Waals surface area contributed by atoms with Crippen molar-refractivity contribution in [2.75, 3.05) is 5.32 Å². The number of carbonyl (C=O) groups excluding carboxylic acids is 1. The molecule has 0 atom stereocenters. The fourth-order valence-corrected chi connectivity index (χ4v) is 2.70. The second-order valence-electron chi connectivity index (χ2n) is 4.37. The molecule has 106 valence electrons. The lowest BCUT2D eigenvalue weighted by Gasteiger charge is -2.08. The van der Waals surface area contributed by atoms with Crippen LogP contribution in [0.2, 0.25) is 0 Å². The fraction of sp³-hybridized carbons (Fsp3) is 0.0714. The molecule has 21 heavy (non-hydrogen) atoms. The highest BCUT2D eigenvalue weighted by molar-refractivity contribution is 7.15. The van der Waals surface area contributed by atoms with Crippen molar-refractivity contribution in [3.05, 3.63) is 63.3 Å². The van der Waals surface area contributed by atoms with Gasteiger partial charge >= 0.3 is 0 Å². The van der Waals surface area contributed by atoms with E-state index in [0.717, 1.165) is 0 Å². The Kier molecular flexibility index (Phi) is 3.26. The molecular weight excluding hydrogens is 293 g/mol. The van der Waals surface area contributed by atoms with Crippen molar-refractivity contribution in [2.45, 2.75) is 6.92 Å². The number of amides is 1. The van der Waals surface area contributed by atoms with Crippen LogP contribution in [0.3, 0.4) is 0 Å². The third kappa shape index (κ3) is 2.31. The van der Waals surface area contributed by atoms with Crippen molar-refractivity contribution in [2.24, 2.45) is 0 Å². The van der Waals surface area contributed by atoms with Crippen molar-refractivity contribution in [3.63, 3.8) is 0 Å². The maximum Gasteiger partial charge on any atom is 0.282 e. The van der Waals surface area contributed by atoms with Crippen molar-refractivity contribution in [1.82, 2.24) is 9.38 Å². The van der Waals surface area contributed by atoms with E-state index in [-0.39, 0.29) is 16.8 Å². The summed E-state index contributed by atoms with van der Waals surface area (Å²) in [5.74, 6) is -1.32. The number of fused-ring (bicyclic) bond motifs is 1. The van der Waals surface area contributed by atoms with Crippen LogP contribution in [0.25, 0.3) is 4.96 Å². The predicted octanol–water partition coefficient (Wildman–Crippen LogP) is 2.46. The zero-order valence-corrected chi connectivity index (χ0v) is 11.8. The first-order chi connectivity index (χ1) is 10.1. The summed E-state index contributed by atoms with van der Waals surface area (Å²) in [6, 6.07) is 5.59. The Morgan fingerprint density at radius 3 is 2.90 bits per heavy atom. The Balaban J connectivity index is 2.04. The van der Waals surface area contributed by atoms with E-state index in [1.807, 2.05) is 0 Å². The summed E-state index contributed by atoms with van der Waals surface area (Å²) in [7, 11) is 0. The number of nitrogens with one attached hydrogen (secondary N) is 1. The summed E-state index contributed by atoms with van der Waals surface area (Å²) in [5.41, 5.74) is -0.0542. The van der Waals surface area contributed by atoms with Crippen molar-refractivity contribution in [1.29, 1.82) is 0 Å². The molecule has 0 saturated carbocycles. The number of halogens is 1. The van der Waals surface area contributed by atoms with Gasteiger partial charge < -0.3 is 5.32 Å². The molecule has 0 spiro atoms. The van der Waals surface area contributed by atoms with E-state index >= 15 is 0 Å². The molecule has 1 aromatic carbocycles. The van der Waals surface area contributed by atoms with Gasteiger partial charge in [0.15, 0.2) is 4.96 Å². The monoisotopic (exact) mass is 303 g/mol. The van der Waals surface area contributed by atoms with Gasteiger partial charge in [-0.3, -0.25) is 14.0 Å². The first-order valence-electron chi connectivity index (χ1n) is 6.10. The molecule has 3 aromatic rings. The number of aromatic nitrogens is 2. The van der Waals surface area contributed by atoms with Crippen LogP contribution >= 0.6 is 11.3 Å². The molecule has 5 nitrogen and oxygen atoms in total. The SMILES string of the molecule is Cc1nc2sccn2c(=O)c1NC(=O)c1ccccc1F. The van der Waals surface area contributed by atoms with Gasteiger partial charge in [0.2, 0.25) is 0 Å². The summed E-state index contributed by atoms with van der Waals surface area (Å²) >= 11 is 1.32. The highest BCUT2D eigenvalue weighted by Crippen LogP contribution is 2.14. The predicted molar refractivity (Wildman–Crippen MR) is 78.4 cm³/mol. The van der Waals surface area contributed by atoms with Gasteiger partial charge in [-0.15, -0.1) is 11.3 Å². The quantitative estimate of drug-likeness (QED) is 0.791. The molecular formula is C14H10FN3O2S. The van der Waals surface area contributed by atoms with Crippen LogP contribution in [0.15, 0.2) is 40.6 Å².